The smallest absolute Gasteiger partial charge is 0.257 e. The van der Waals surface area contributed by atoms with Crippen LogP contribution in [-0.4, -0.2) is 36.3 Å². The summed E-state index contributed by atoms with van der Waals surface area (Å²) >= 11 is 0. The number of nitrogens with zero attached hydrogens (tertiary/aromatic N) is 2. The van der Waals surface area contributed by atoms with Crippen molar-refractivity contribution in [2.24, 2.45) is 5.92 Å². The van der Waals surface area contributed by atoms with Crippen LogP contribution in [0.4, 0.5) is 15.8 Å². The number of halogens is 1. The molecular weight excluding hydrogens is 465 g/mol. The summed E-state index contributed by atoms with van der Waals surface area (Å²) in [6, 6.07) is 19.9. The van der Waals surface area contributed by atoms with Crippen molar-refractivity contribution in [2.45, 2.75) is 45.6 Å². The molecule has 37 heavy (non-hydrogen) atoms. The van der Waals surface area contributed by atoms with Crippen molar-refractivity contribution in [1.82, 2.24) is 4.90 Å². The lowest BCUT2D eigenvalue weighted by atomic mass is 9.83. The van der Waals surface area contributed by atoms with E-state index in [1.807, 2.05) is 36.4 Å². The van der Waals surface area contributed by atoms with Gasteiger partial charge in [0.25, 0.3) is 5.91 Å². The number of anilines is 2. The first-order valence-electron chi connectivity index (χ1n) is 13.2. The lowest BCUT2D eigenvalue weighted by Crippen LogP contribution is -2.46. The first kappa shape index (κ1) is 25.0. The summed E-state index contributed by atoms with van der Waals surface area (Å²) in [7, 11) is 0. The standard InChI is InChI=1S/C31H34FN3O2/c1-21-15-16-24(20-27(21)34-17-6-7-18-34)33-30(36)25-13-9-19-35(29(25)23-11-4-3-5-12-23)31(37)28-22(2)10-8-14-26(28)32/h3-5,8,10-12,14-16,20,25,29H,6-7,9,13,17-19H2,1-2H3,(H,33,36)/t25-,29?/m0/s1. The van der Waals surface area contributed by atoms with Crippen molar-refractivity contribution in [3.63, 3.8) is 0 Å². The molecule has 2 amide bonds. The fourth-order valence-corrected chi connectivity index (χ4v) is 5.83. The Labute approximate surface area is 218 Å². The lowest BCUT2D eigenvalue weighted by molar-refractivity contribution is -0.123. The molecule has 5 rings (SSSR count). The molecule has 0 aliphatic carbocycles. The molecule has 2 fully saturated rings. The van der Waals surface area contributed by atoms with E-state index in [9.17, 15) is 14.0 Å². The molecule has 1 unspecified atom stereocenters. The van der Waals surface area contributed by atoms with Gasteiger partial charge in [-0.25, -0.2) is 4.39 Å². The van der Waals surface area contributed by atoms with Gasteiger partial charge in [-0.3, -0.25) is 9.59 Å². The van der Waals surface area contributed by atoms with Gasteiger partial charge in [-0.05, 0) is 74.4 Å². The largest absolute Gasteiger partial charge is 0.371 e. The van der Waals surface area contributed by atoms with Crippen molar-refractivity contribution >= 4 is 23.2 Å². The second-order valence-corrected chi connectivity index (χ2v) is 10.2. The molecule has 5 nitrogen and oxygen atoms in total. The zero-order chi connectivity index (χ0) is 25.9. The number of nitrogens with one attached hydrogen (secondary N) is 1. The molecule has 2 aliphatic heterocycles. The van der Waals surface area contributed by atoms with Crippen LogP contribution in [0.1, 0.15) is 58.8 Å². The molecule has 3 aromatic rings. The van der Waals surface area contributed by atoms with Crippen LogP contribution in [0.2, 0.25) is 0 Å². The molecule has 1 N–H and O–H groups in total. The van der Waals surface area contributed by atoms with E-state index in [0.29, 0.717) is 24.9 Å². The van der Waals surface area contributed by atoms with Crippen LogP contribution in [-0.2, 0) is 4.79 Å². The van der Waals surface area contributed by atoms with E-state index in [4.69, 9.17) is 0 Å². The van der Waals surface area contributed by atoms with E-state index in [0.717, 1.165) is 30.0 Å². The van der Waals surface area contributed by atoms with E-state index in [-0.39, 0.29) is 17.4 Å². The van der Waals surface area contributed by atoms with Gasteiger partial charge in [0.15, 0.2) is 0 Å². The molecule has 0 aromatic heterocycles. The summed E-state index contributed by atoms with van der Waals surface area (Å²) in [6.45, 7) is 6.38. The zero-order valence-electron chi connectivity index (χ0n) is 21.5. The maximum Gasteiger partial charge on any atom is 0.257 e. The fourth-order valence-electron chi connectivity index (χ4n) is 5.83. The van der Waals surface area contributed by atoms with Crippen LogP contribution in [0.15, 0.2) is 66.7 Å². The topological polar surface area (TPSA) is 52.7 Å². The maximum absolute atomic E-state index is 14.8. The number of aryl methyl sites for hydroxylation is 2. The van der Waals surface area contributed by atoms with Crippen molar-refractivity contribution in [3.8, 4) is 0 Å². The van der Waals surface area contributed by atoms with Gasteiger partial charge in [0.2, 0.25) is 5.91 Å². The summed E-state index contributed by atoms with van der Waals surface area (Å²) in [4.78, 5) is 31.6. The van der Waals surface area contributed by atoms with Crippen LogP contribution < -0.4 is 10.2 Å². The van der Waals surface area contributed by atoms with E-state index >= 15 is 0 Å². The van der Waals surface area contributed by atoms with E-state index in [1.165, 1.54) is 24.5 Å². The predicted molar refractivity (Wildman–Crippen MR) is 145 cm³/mol. The summed E-state index contributed by atoms with van der Waals surface area (Å²) in [5.41, 5.74) is 4.67. The highest BCUT2D eigenvalue weighted by atomic mass is 19.1. The number of rotatable bonds is 5. The molecule has 0 bridgehead atoms. The molecule has 2 atom stereocenters. The first-order valence-corrected chi connectivity index (χ1v) is 13.2. The number of piperidine rings is 1. The molecule has 2 heterocycles. The molecule has 3 aromatic carbocycles. The molecule has 0 spiro atoms. The Hall–Kier alpha value is -3.67. The monoisotopic (exact) mass is 499 g/mol. The van der Waals surface area contributed by atoms with Gasteiger partial charge in [-0.2, -0.15) is 0 Å². The van der Waals surface area contributed by atoms with Crippen LogP contribution in [0.5, 0.6) is 0 Å². The minimum atomic E-state index is -0.530. The highest BCUT2D eigenvalue weighted by Crippen LogP contribution is 2.39. The fraction of sp³-hybridized carbons (Fsp3) is 0.355. The Morgan fingerprint density at radius 3 is 2.35 bits per heavy atom. The average Bonchev–Trinajstić information content (AvgIpc) is 3.44. The summed E-state index contributed by atoms with van der Waals surface area (Å²) in [5.74, 6) is -1.47. The Morgan fingerprint density at radius 2 is 1.62 bits per heavy atom. The minimum absolute atomic E-state index is 0.0817. The number of carbonyl (C=O) groups excluding carboxylic acids is 2. The van der Waals surface area contributed by atoms with Crippen LogP contribution in [0, 0.1) is 25.6 Å². The van der Waals surface area contributed by atoms with Crippen molar-refractivity contribution in [3.05, 3.63) is 94.8 Å². The second-order valence-electron chi connectivity index (χ2n) is 10.2. The van der Waals surface area contributed by atoms with Crippen LogP contribution >= 0.6 is 0 Å². The van der Waals surface area contributed by atoms with Gasteiger partial charge >= 0.3 is 0 Å². The van der Waals surface area contributed by atoms with Crippen molar-refractivity contribution in [2.75, 3.05) is 29.9 Å². The number of hydrogen-bond donors (Lipinski definition) is 1. The Balaban J connectivity index is 1.46. The Kier molecular flexibility index (Phi) is 7.26. The molecule has 192 valence electrons. The van der Waals surface area contributed by atoms with Gasteiger partial charge in [0, 0.05) is 31.0 Å². The summed E-state index contributed by atoms with van der Waals surface area (Å²) in [5, 5.41) is 3.15. The third kappa shape index (κ3) is 5.10. The second kappa shape index (κ2) is 10.8. The van der Waals surface area contributed by atoms with Crippen LogP contribution in [0.25, 0.3) is 0 Å². The van der Waals surface area contributed by atoms with Crippen molar-refractivity contribution < 1.29 is 14.0 Å². The van der Waals surface area contributed by atoms with E-state index in [1.54, 1.807) is 24.0 Å². The molecular formula is C31H34FN3O2. The number of benzene rings is 3. The quantitative estimate of drug-likeness (QED) is 0.450. The maximum atomic E-state index is 14.8. The van der Waals surface area contributed by atoms with Crippen molar-refractivity contribution in [1.29, 1.82) is 0 Å². The van der Waals surface area contributed by atoms with E-state index in [2.05, 4.69) is 29.3 Å². The number of amides is 2. The van der Waals surface area contributed by atoms with E-state index < -0.39 is 17.8 Å². The minimum Gasteiger partial charge on any atom is -0.371 e. The SMILES string of the molecule is Cc1ccc(NC(=O)[C@H]2CCCN(C(=O)c3c(C)cccc3F)C2c2ccccc2)cc1N1CCCC1. The highest BCUT2D eigenvalue weighted by molar-refractivity contribution is 5.98. The molecule has 2 saturated heterocycles. The number of likely N-dealkylation sites (tertiary alicyclic amines) is 1. The third-order valence-corrected chi connectivity index (χ3v) is 7.73. The highest BCUT2D eigenvalue weighted by Gasteiger charge is 2.40. The average molecular weight is 500 g/mol. The summed E-state index contributed by atoms with van der Waals surface area (Å²) < 4.78 is 14.8. The molecule has 0 saturated carbocycles. The molecule has 0 radical (unpaired) electrons. The predicted octanol–water partition coefficient (Wildman–Crippen LogP) is 6.27. The van der Waals surface area contributed by atoms with Gasteiger partial charge in [0.1, 0.15) is 5.82 Å². The Bertz CT molecular complexity index is 1270. The van der Waals surface area contributed by atoms with Gasteiger partial charge < -0.3 is 15.1 Å². The third-order valence-electron chi connectivity index (χ3n) is 7.73. The zero-order valence-corrected chi connectivity index (χ0v) is 21.5. The number of carbonyl (C=O) groups is 2. The number of hydrogen-bond acceptors (Lipinski definition) is 3. The van der Waals surface area contributed by atoms with Gasteiger partial charge in [0.05, 0.1) is 17.5 Å². The van der Waals surface area contributed by atoms with Gasteiger partial charge in [-0.1, -0.05) is 48.5 Å². The first-order chi connectivity index (χ1) is 17.9. The normalized spacial score (nSPS) is 19.6. The molecule has 2 aliphatic rings. The lowest BCUT2D eigenvalue weighted by Gasteiger charge is -2.41. The molecule has 6 heteroatoms. The summed E-state index contributed by atoms with van der Waals surface area (Å²) in [6.07, 6.45) is 3.69. The van der Waals surface area contributed by atoms with Gasteiger partial charge in [-0.15, -0.1) is 0 Å². The Morgan fingerprint density at radius 1 is 0.865 bits per heavy atom. The van der Waals surface area contributed by atoms with Crippen LogP contribution in [0.3, 0.4) is 0 Å².